The summed E-state index contributed by atoms with van der Waals surface area (Å²) in [6.07, 6.45) is 1.29. The topological polar surface area (TPSA) is 33.1 Å². The molecule has 0 spiro atoms. The lowest BCUT2D eigenvalue weighted by molar-refractivity contribution is 0.473. The number of hydrogen-bond acceptors (Lipinski definition) is 2. The van der Waals surface area contributed by atoms with Gasteiger partial charge in [0, 0.05) is 10.0 Å². The molecule has 2 aromatic rings. The fourth-order valence-corrected chi connectivity index (χ4v) is 1.60. The molecule has 0 saturated heterocycles. The molecule has 15 heavy (non-hydrogen) atoms. The van der Waals surface area contributed by atoms with Gasteiger partial charge in [0.1, 0.15) is 11.6 Å². The Morgan fingerprint density at radius 1 is 1.20 bits per heavy atom. The van der Waals surface area contributed by atoms with Gasteiger partial charge in [-0.25, -0.2) is 4.39 Å². The number of benzene rings is 1. The molecule has 76 valence electrons. The van der Waals surface area contributed by atoms with Gasteiger partial charge in [-0.2, -0.15) is 0 Å². The summed E-state index contributed by atoms with van der Waals surface area (Å²) < 4.78 is 14.2. The van der Waals surface area contributed by atoms with Crippen LogP contribution in [0.5, 0.6) is 5.75 Å². The molecule has 0 bridgehead atoms. The van der Waals surface area contributed by atoms with Gasteiger partial charge < -0.3 is 5.11 Å². The lowest BCUT2D eigenvalue weighted by atomic mass is 10.1. The van der Waals surface area contributed by atoms with E-state index in [1.807, 2.05) is 0 Å². The van der Waals surface area contributed by atoms with Crippen LogP contribution in [0, 0.1) is 5.82 Å². The molecule has 0 aliphatic heterocycles. The predicted octanol–water partition coefficient (Wildman–Crippen LogP) is 3.36. The van der Waals surface area contributed by atoms with Crippen LogP contribution >= 0.6 is 15.9 Å². The fraction of sp³-hybridized carbons (Fsp3) is 0. The number of nitrogens with zero attached hydrogens (tertiary/aromatic N) is 1. The van der Waals surface area contributed by atoms with Crippen molar-refractivity contribution in [3.8, 4) is 17.0 Å². The summed E-state index contributed by atoms with van der Waals surface area (Å²) in [5.74, 6) is -0.273. The Bertz CT molecular complexity index is 484. The van der Waals surface area contributed by atoms with Gasteiger partial charge in [0.15, 0.2) is 0 Å². The molecule has 2 rings (SSSR count). The van der Waals surface area contributed by atoms with E-state index < -0.39 is 0 Å². The first kappa shape index (κ1) is 10.1. The molecule has 0 fully saturated rings. The van der Waals surface area contributed by atoms with E-state index in [-0.39, 0.29) is 11.6 Å². The minimum absolute atomic E-state index is 0.0640. The molecule has 0 atom stereocenters. The lowest BCUT2D eigenvalue weighted by Crippen LogP contribution is -1.87. The molecule has 0 saturated carbocycles. The third kappa shape index (κ3) is 2.15. The second kappa shape index (κ2) is 3.98. The lowest BCUT2D eigenvalue weighted by Gasteiger charge is -2.03. The van der Waals surface area contributed by atoms with Gasteiger partial charge >= 0.3 is 0 Å². The molecule has 0 aliphatic rings. The fourth-order valence-electron chi connectivity index (χ4n) is 1.24. The van der Waals surface area contributed by atoms with Crippen molar-refractivity contribution in [3.05, 3.63) is 46.8 Å². The zero-order chi connectivity index (χ0) is 10.8. The maximum atomic E-state index is 13.4. The van der Waals surface area contributed by atoms with Crippen LogP contribution in [0.25, 0.3) is 11.3 Å². The van der Waals surface area contributed by atoms with Gasteiger partial charge in [-0.3, -0.25) is 4.98 Å². The first-order valence-electron chi connectivity index (χ1n) is 4.27. The molecule has 1 aromatic heterocycles. The van der Waals surface area contributed by atoms with E-state index in [9.17, 15) is 4.39 Å². The summed E-state index contributed by atoms with van der Waals surface area (Å²) in [6.45, 7) is 0. The van der Waals surface area contributed by atoms with Crippen LogP contribution < -0.4 is 0 Å². The molecule has 0 unspecified atom stereocenters. The van der Waals surface area contributed by atoms with E-state index >= 15 is 0 Å². The third-order valence-corrected chi connectivity index (χ3v) is 2.45. The second-order valence-electron chi connectivity index (χ2n) is 3.03. The Morgan fingerprint density at radius 2 is 2.00 bits per heavy atom. The van der Waals surface area contributed by atoms with E-state index in [1.165, 1.54) is 18.3 Å². The maximum absolute atomic E-state index is 13.4. The zero-order valence-electron chi connectivity index (χ0n) is 7.61. The Morgan fingerprint density at radius 3 is 2.67 bits per heavy atom. The summed E-state index contributed by atoms with van der Waals surface area (Å²) in [6, 6.07) is 7.69. The normalized spacial score (nSPS) is 10.3. The molecule has 1 N–H and O–H groups in total. The minimum atomic E-state index is -0.337. The van der Waals surface area contributed by atoms with Crippen molar-refractivity contribution in [2.75, 3.05) is 0 Å². The van der Waals surface area contributed by atoms with E-state index in [1.54, 1.807) is 18.2 Å². The van der Waals surface area contributed by atoms with E-state index in [0.29, 0.717) is 11.3 Å². The van der Waals surface area contributed by atoms with Crippen molar-refractivity contribution in [1.29, 1.82) is 0 Å². The van der Waals surface area contributed by atoms with E-state index in [2.05, 4.69) is 20.9 Å². The molecule has 0 radical (unpaired) electrons. The Labute approximate surface area is 94.5 Å². The highest BCUT2D eigenvalue weighted by Gasteiger charge is 2.06. The maximum Gasteiger partial charge on any atom is 0.133 e. The van der Waals surface area contributed by atoms with Gasteiger partial charge in [-0.15, -0.1) is 0 Å². The van der Waals surface area contributed by atoms with Crippen molar-refractivity contribution in [3.63, 3.8) is 0 Å². The summed E-state index contributed by atoms with van der Waals surface area (Å²) >= 11 is 3.26. The Kier molecular flexibility index (Phi) is 2.68. The van der Waals surface area contributed by atoms with Crippen LogP contribution in [-0.2, 0) is 0 Å². The van der Waals surface area contributed by atoms with E-state index in [4.69, 9.17) is 5.11 Å². The monoisotopic (exact) mass is 267 g/mol. The van der Waals surface area contributed by atoms with Crippen molar-refractivity contribution in [2.24, 2.45) is 0 Å². The molecule has 1 aromatic carbocycles. The summed E-state index contributed by atoms with van der Waals surface area (Å²) in [5, 5.41) is 9.06. The largest absolute Gasteiger partial charge is 0.506 e. The molecule has 0 amide bonds. The first-order chi connectivity index (χ1) is 7.16. The smallest absolute Gasteiger partial charge is 0.133 e. The van der Waals surface area contributed by atoms with Crippen molar-refractivity contribution >= 4 is 15.9 Å². The first-order valence-corrected chi connectivity index (χ1v) is 5.06. The van der Waals surface area contributed by atoms with Crippen LogP contribution in [0.2, 0.25) is 0 Å². The predicted molar refractivity (Wildman–Crippen MR) is 59.0 cm³/mol. The van der Waals surface area contributed by atoms with Gasteiger partial charge in [0.25, 0.3) is 0 Å². The molecule has 2 nitrogen and oxygen atoms in total. The van der Waals surface area contributed by atoms with Crippen molar-refractivity contribution in [2.45, 2.75) is 0 Å². The van der Waals surface area contributed by atoms with Crippen LogP contribution in [-0.4, -0.2) is 10.1 Å². The quantitative estimate of drug-likeness (QED) is 0.860. The average molecular weight is 268 g/mol. The number of hydrogen-bond donors (Lipinski definition) is 1. The second-order valence-corrected chi connectivity index (χ2v) is 3.94. The number of aromatic nitrogens is 1. The molecular formula is C11H7BrFNO. The number of aromatic hydroxyl groups is 1. The van der Waals surface area contributed by atoms with Gasteiger partial charge in [-0.05, 0) is 30.3 Å². The van der Waals surface area contributed by atoms with Gasteiger partial charge in [0.2, 0.25) is 0 Å². The number of pyridine rings is 1. The van der Waals surface area contributed by atoms with Crippen LogP contribution in [0.15, 0.2) is 41.0 Å². The zero-order valence-corrected chi connectivity index (χ0v) is 9.20. The highest BCUT2D eigenvalue weighted by Crippen LogP contribution is 2.25. The standard InChI is InChI=1S/C11H7BrFNO/c12-7-1-3-10(13)9(5-7)11-4-2-8(15)6-14-11/h1-6,15H. The third-order valence-electron chi connectivity index (χ3n) is 1.95. The highest BCUT2D eigenvalue weighted by molar-refractivity contribution is 9.10. The van der Waals surface area contributed by atoms with Crippen LogP contribution in [0.4, 0.5) is 4.39 Å². The highest BCUT2D eigenvalue weighted by atomic mass is 79.9. The minimum Gasteiger partial charge on any atom is -0.506 e. The Hall–Kier alpha value is -1.42. The molecule has 1 heterocycles. The van der Waals surface area contributed by atoms with Crippen LogP contribution in [0.1, 0.15) is 0 Å². The summed E-state index contributed by atoms with van der Waals surface area (Å²) in [7, 11) is 0. The Balaban J connectivity index is 2.53. The van der Waals surface area contributed by atoms with E-state index in [0.717, 1.165) is 4.47 Å². The summed E-state index contributed by atoms with van der Waals surface area (Å²) in [4.78, 5) is 3.94. The van der Waals surface area contributed by atoms with Gasteiger partial charge in [0.05, 0.1) is 11.9 Å². The number of halogens is 2. The molecule has 4 heteroatoms. The van der Waals surface area contributed by atoms with Crippen LogP contribution in [0.3, 0.4) is 0 Å². The summed E-state index contributed by atoms with van der Waals surface area (Å²) in [5.41, 5.74) is 0.899. The number of rotatable bonds is 1. The molecule has 0 aliphatic carbocycles. The van der Waals surface area contributed by atoms with Gasteiger partial charge in [-0.1, -0.05) is 15.9 Å². The average Bonchev–Trinajstić information content (AvgIpc) is 2.23. The van der Waals surface area contributed by atoms with Crippen molar-refractivity contribution in [1.82, 2.24) is 4.98 Å². The molecular weight excluding hydrogens is 261 g/mol. The van der Waals surface area contributed by atoms with Crippen molar-refractivity contribution < 1.29 is 9.50 Å². The SMILES string of the molecule is Oc1ccc(-c2cc(Br)ccc2F)nc1.